The topological polar surface area (TPSA) is 80.9 Å². The standard InChI is InChI=1S/C17H16N2O4S/c1-3-23-15(20)9-19-16(21)14(24-17(19)22)8-12-10(2)18-13-7-5-4-6-11(12)13/h4-8,21H,3,9H2,1-2H3/b12-8-. The first-order chi connectivity index (χ1) is 11.5. The van der Waals surface area contributed by atoms with Gasteiger partial charge in [-0.2, -0.15) is 0 Å². The van der Waals surface area contributed by atoms with Crippen LogP contribution < -0.4 is 4.87 Å². The Morgan fingerprint density at radius 3 is 2.92 bits per heavy atom. The Morgan fingerprint density at radius 1 is 1.42 bits per heavy atom. The van der Waals surface area contributed by atoms with Crippen molar-refractivity contribution in [3.8, 4) is 5.88 Å². The summed E-state index contributed by atoms with van der Waals surface area (Å²) in [5, 5.41) is 10.3. The smallest absolute Gasteiger partial charge is 0.326 e. The Hall–Kier alpha value is -2.67. The van der Waals surface area contributed by atoms with Crippen molar-refractivity contribution in [3.63, 3.8) is 0 Å². The van der Waals surface area contributed by atoms with Gasteiger partial charge in [0.05, 0.1) is 17.2 Å². The van der Waals surface area contributed by atoms with E-state index in [4.69, 9.17) is 4.74 Å². The molecule has 0 spiro atoms. The van der Waals surface area contributed by atoms with Gasteiger partial charge in [0, 0.05) is 16.8 Å². The number of benzene rings is 1. The van der Waals surface area contributed by atoms with E-state index in [1.165, 1.54) is 0 Å². The van der Waals surface area contributed by atoms with Crippen LogP contribution in [0.4, 0.5) is 5.69 Å². The first-order valence-corrected chi connectivity index (χ1v) is 8.28. The molecule has 1 aliphatic heterocycles. The van der Waals surface area contributed by atoms with Gasteiger partial charge in [-0.25, -0.2) is 0 Å². The fraction of sp³-hybridized carbons (Fsp3) is 0.235. The molecule has 1 N–H and O–H groups in total. The van der Waals surface area contributed by atoms with Crippen molar-refractivity contribution in [2.75, 3.05) is 6.61 Å². The number of fused-ring (bicyclic) bond motifs is 1. The number of carbonyl (C=O) groups excluding carboxylic acids is 1. The minimum atomic E-state index is -0.559. The summed E-state index contributed by atoms with van der Waals surface area (Å²) < 4.78 is 5.84. The Kier molecular flexibility index (Phi) is 4.35. The molecule has 0 bridgehead atoms. The largest absolute Gasteiger partial charge is 0.493 e. The third-order valence-electron chi connectivity index (χ3n) is 3.63. The van der Waals surface area contributed by atoms with Crippen LogP contribution in [0.5, 0.6) is 5.88 Å². The summed E-state index contributed by atoms with van der Waals surface area (Å²) in [5.74, 6) is -0.793. The van der Waals surface area contributed by atoms with Crippen molar-refractivity contribution in [1.29, 1.82) is 0 Å². The van der Waals surface area contributed by atoms with Crippen molar-refractivity contribution in [2.45, 2.75) is 20.4 Å². The summed E-state index contributed by atoms with van der Waals surface area (Å²) in [6.45, 7) is 3.48. The molecule has 0 saturated heterocycles. The molecule has 124 valence electrons. The van der Waals surface area contributed by atoms with Crippen LogP contribution in [0.15, 0.2) is 34.1 Å². The molecule has 1 aromatic carbocycles. The molecule has 24 heavy (non-hydrogen) atoms. The first kappa shape index (κ1) is 16.2. The number of para-hydroxylation sites is 1. The zero-order valence-electron chi connectivity index (χ0n) is 13.3. The number of esters is 1. The Balaban J connectivity index is 1.99. The average Bonchev–Trinajstić information content (AvgIpc) is 3.00. The number of nitrogens with zero attached hydrogens (tertiary/aromatic N) is 2. The second-order valence-corrected chi connectivity index (χ2v) is 6.21. The Labute approximate surface area is 142 Å². The predicted octanol–water partition coefficient (Wildman–Crippen LogP) is 2.83. The van der Waals surface area contributed by atoms with Gasteiger partial charge in [-0.05, 0) is 26.0 Å². The number of hydrogen-bond acceptors (Lipinski definition) is 6. The van der Waals surface area contributed by atoms with Crippen LogP contribution in [0, 0.1) is 0 Å². The maximum Gasteiger partial charge on any atom is 0.326 e. The lowest BCUT2D eigenvalue weighted by Gasteiger charge is -2.04. The van der Waals surface area contributed by atoms with Gasteiger partial charge >= 0.3 is 10.8 Å². The SMILES string of the molecule is CCOC(=O)Cn1c(O)c(/C=C2/C(C)=Nc3ccccc32)sc1=O. The number of aliphatic imine (C=N–C) groups is 1. The second-order valence-electron chi connectivity index (χ2n) is 5.22. The summed E-state index contributed by atoms with van der Waals surface area (Å²) in [5.41, 5.74) is 3.48. The maximum absolute atomic E-state index is 12.1. The highest BCUT2D eigenvalue weighted by atomic mass is 32.1. The molecule has 0 aliphatic carbocycles. The summed E-state index contributed by atoms with van der Waals surface area (Å²) in [6.07, 6.45) is 1.73. The van der Waals surface area contributed by atoms with Gasteiger partial charge in [-0.3, -0.25) is 19.1 Å². The summed E-state index contributed by atoms with van der Waals surface area (Å²) in [4.78, 5) is 28.1. The first-order valence-electron chi connectivity index (χ1n) is 7.46. The van der Waals surface area contributed by atoms with Crippen LogP contribution in [-0.2, 0) is 16.1 Å². The van der Waals surface area contributed by atoms with Gasteiger partial charge in [0.2, 0.25) is 5.88 Å². The quantitative estimate of drug-likeness (QED) is 0.865. The van der Waals surface area contributed by atoms with Crippen molar-refractivity contribution in [1.82, 2.24) is 4.57 Å². The van der Waals surface area contributed by atoms with Gasteiger partial charge in [-0.15, -0.1) is 0 Å². The van der Waals surface area contributed by atoms with Crippen molar-refractivity contribution in [3.05, 3.63) is 44.4 Å². The minimum Gasteiger partial charge on any atom is -0.493 e. The third-order valence-corrected chi connectivity index (χ3v) is 4.55. The van der Waals surface area contributed by atoms with E-state index in [0.29, 0.717) is 4.88 Å². The Morgan fingerprint density at radius 2 is 2.17 bits per heavy atom. The highest BCUT2D eigenvalue weighted by Crippen LogP contribution is 2.37. The van der Waals surface area contributed by atoms with E-state index in [1.807, 2.05) is 31.2 Å². The molecule has 0 unspecified atom stereocenters. The molecule has 1 aromatic heterocycles. The molecule has 1 aliphatic rings. The monoisotopic (exact) mass is 344 g/mol. The van der Waals surface area contributed by atoms with Crippen molar-refractivity contribution < 1.29 is 14.6 Å². The fourth-order valence-electron chi connectivity index (χ4n) is 2.53. The van der Waals surface area contributed by atoms with Gasteiger partial charge in [0.1, 0.15) is 6.54 Å². The Bertz CT molecular complexity index is 921. The van der Waals surface area contributed by atoms with Crippen LogP contribution in [0.1, 0.15) is 24.3 Å². The lowest BCUT2D eigenvalue weighted by molar-refractivity contribution is -0.143. The van der Waals surface area contributed by atoms with Crippen LogP contribution in [0.2, 0.25) is 0 Å². The number of allylic oxidation sites excluding steroid dienone is 1. The van der Waals surface area contributed by atoms with Crippen LogP contribution >= 0.6 is 11.3 Å². The highest BCUT2D eigenvalue weighted by Gasteiger charge is 2.20. The van der Waals surface area contributed by atoms with Crippen LogP contribution in [-0.4, -0.2) is 28.0 Å². The van der Waals surface area contributed by atoms with Crippen molar-refractivity contribution >= 4 is 40.4 Å². The van der Waals surface area contributed by atoms with Crippen LogP contribution in [0.25, 0.3) is 11.6 Å². The minimum absolute atomic E-state index is 0.224. The zero-order chi connectivity index (χ0) is 17.3. The molecule has 7 heteroatoms. The van der Waals surface area contributed by atoms with Gasteiger partial charge in [0.25, 0.3) is 0 Å². The normalized spacial score (nSPS) is 14.6. The van der Waals surface area contributed by atoms with Gasteiger partial charge in [0.15, 0.2) is 0 Å². The predicted molar refractivity (Wildman–Crippen MR) is 94.0 cm³/mol. The van der Waals surface area contributed by atoms with E-state index >= 15 is 0 Å². The lowest BCUT2D eigenvalue weighted by atomic mass is 10.0. The molecule has 3 rings (SSSR count). The van der Waals surface area contributed by atoms with Crippen LogP contribution in [0.3, 0.4) is 0 Å². The highest BCUT2D eigenvalue weighted by molar-refractivity contribution is 7.10. The maximum atomic E-state index is 12.1. The molecule has 0 atom stereocenters. The summed E-state index contributed by atoms with van der Waals surface area (Å²) in [6, 6.07) is 7.67. The number of hydrogen-bond donors (Lipinski definition) is 1. The molecule has 0 amide bonds. The van der Waals surface area contributed by atoms with E-state index in [0.717, 1.165) is 38.4 Å². The average molecular weight is 344 g/mol. The number of ether oxygens (including phenoxy) is 1. The zero-order valence-corrected chi connectivity index (χ0v) is 14.1. The number of aromatic hydroxyl groups is 1. The molecule has 6 nitrogen and oxygen atoms in total. The third kappa shape index (κ3) is 2.90. The molecule has 0 fully saturated rings. The lowest BCUT2D eigenvalue weighted by Crippen LogP contribution is -2.20. The van der Waals surface area contributed by atoms with E-state index in [9.17, 15) is 14.7 Å². The second kappa shape index (κ2) is 6.45. The van der Waals surface area contributed by atoms with Gasteiger partial charge < -0.3 is 9.84 Å². The summed E-state index contributed by atoms with van der Waals surface area (Å²) >= 11 is 0.883. The molecule has 2 heterocycles. The number of aromatic nitrogens is 1. The molecular weight excluding hydrogens is 328 g/mol. The molecule has 0 radical (unpaired) electrons. The number of thiazole rings is 1. The van der Waals surface area contributed by atoms with E-state index in [1.54, 1.807) is 13.0 Å². The summed E-state index contributed by atoms with van der Waals surface area (Å²) in [7, 11) is 0. The van der Waals surface area contributed by atoms with E-state index < -0.39 is 10.8 Å². The van der Waals surface area contributed by atoms with E-state index in [-0.39, 0.29) is 19.0 Å². The van der Waals surface area contributed by atoms with Gasteiger partial charge in [-0.1, -0.05) is 29.5 Å². The fourth-order valence-corrected chi connectivity index (χ4v) is 3.36. The van der Waals surface area contributed by atoms with Crippen molar-refractivity contribution in [2.24, 2.45) is 4.99 Å². The molecular formula is C17H16N2O4S. The molecule has 2 aromatic rings. The number of carbonyl (C=O) groups is 1. The molecule has 0 saturated carbocycles. The van der Waals surface area contributed by atoms with E-state index in [2.05, 4.69) is 4.99 Å². The number of rotatable bonds is 4.